The normalized spacial score (nSPS) is 24.8. The fourth-order valence-corrected chi connectivity index (χ4v) is 2.25. The lowest BCUT2D eigenvalue weighted by molar-refractivity contribution is 0.397. The van der Waals surface area contributed by atoms with Crippen LogP contribution in [0.1, 0.15) is 31.2 Å². The Morgan fingerprint density at radius 2 is 1.75 bits per heavy atom. The predicted octanol–water partition coefficient (Wildman–Crippen LogP) is 3.49. The smallest absolute Gasteiger partial charge is 0.0655 e. The predicted molar refractivity (Wildman–Crippen MR) is 66.2 cm³/mol. The lowest BCUT2D eigenvalue weighted by atomic mass is 9.87. The summed E-state index contributed by atoms with van der Waals surface area (Å²) >= 11 is 0. The van der Waals surface area contributed by atoms with Crippen LogP contribution in [0.4, 0.5) is 5.69 Å². The molecule has 0 spiro atoms. The second-order valence-corrected chi connectivity index (χ2v) is 4.69. The molecule has 0 unspecified atom stereocenters. The van der Waals surface area contributed by atoms with Gasteiger partial charge in [-0.05, 0) is 44.7 Å². The number of aryl methyl sites for hydroxylation is 1. The molecule has 1 aliphatic rings. The first-order valence-corrected chi connectivity index (χ1v) is 6.01. The average molecular weight is 214 g/mol. The van der Waals surface area contributed by atoms with Gasteiger partial charge in [0.15, 0.2) is 0 Å². The summed E-state index contributed by atoms with van der Waals surface area (Å²) in [4.78, 5) is 0. The fourth-order valence-electron chi connectivity index (χ4n) is 2.25. The molecule has 0 aromatic heterocycles. The van der Waals surface area contributed by atoms with E-state index in [2.05, 4.69) is 42.6 Å². The van der Waals surface area contributed by atoms with E-state index in [4.69, 9.17) is 5.26 Å². The van der Waals surface area contributed by atoms with Crippen LogP contribution < -0.4 is 5.32 Å². The summed E-state index contributed by atoms with van der Waals surface area (Å²) in [5.41, 5.74) is 2.49. The molecule has 1 aromatic carbocycles. The van der Waals surface area contributed by atoms with E-state index in [1.54, 1.807) is 0 Å². The van der Waals surface area contributed by atoms with Gasteiger partial charge in [-0.15, -0.1) is 0 Å². The molecule has 1 fully saturated rings. The Hall–Kier alpha value is -1.49. The molecule has 0 atom stereocenters. The Morgan fingerprint density at radius 3 is 2.31 bits per heavy atom. The monoisotopic (exact) mass is 214 g/mol. The molecule has 1 N–H and O–H groups in total. The molecular formula is C14H18N2. The van der Waals surface area contributed by atoms with Crippen molar-refractivity contribution >= 4 is 5.69 Å². The first kappa shape index (κ1) is 11.0. The topological polar surface area (TPSA) is 35.8 Å². The van der Waals surface area contributed by atoms with Gasteiger partial charge in [-0.3, -0.25) is 0 Å². The lowest BCUT2D eigenvalue weighted by Gasteiger charge is -2.26. The summed E-state index contributed by atoms with van der Waals surface area (Å²) < 4.78 is 0. The summed E-state index contributed by atoms with van der Waals surface area (Å²) in [6.07, 6.45) is 4.32. The molecular weight excluding hydrogens is 196 g/mol. The molecule has 2 rings (SSSR count). The summed E-state index contributed by atoms with van der Waals surface area (Å²) in [5, 5.41) is 12.4. The minimum atomic E-state index is 0.288. The number of hydrogen-bond donors (Lipinski definition) is 1. The van der Waals surface area contributed by atoms with Gasteiger partial charge < -0.3 is 5.32 Å². The highest BCUT2D eigenvalue weighted by atomic mass is 14.9. The maximum absolute atomic E-state index is 8.83. The molecule has 2 nitrogen and oxygen atoms in total. The molecule has 0 heterocycles. The fraction of sp³-hybridized carbons (Fsp3) is 0.500. The van der Waals surface area contributed by atoms with E-state index in [9.17, 15) is 0 Å². The van der Waals surface area contributed by atoms with Crippen LogP contribution in [-0.4, -0.2) is 6.04 Å². The Balaban J connectivity index is 1.87. The Labute approximate surface area is 97.3 Å². The van der Waals surface area contributed by atoms with Crippen LogP contribution in [0.15, 0.2) is 24.3 Å². The molecule has 0 saturated heterocycles. The van der Waals surface area contributed by atoms with Crippen molar-refractivity contribution in [3.63, 3.8) is 0 Å². The molecule has 0 bridgehead atoms. The summed E-state index contributed by atoms with van der Waals surface area (Å²) in [6.45, 7) is 2.10. The maximum atomic E-state index is 8.83. The van der Waals surface area contributed by atoms with Gasteiger partial charge in [-0.2, -0.15) is 5.26 Å². The van der Waals surface area contributed by atoms with Gasteiger partial charge in [0.2, 0.25) is 0 Å². The number of benzene rings is 1. The molecule has 0 aliphatic heterocycles. The van der Waals surface area contributed by atoms with Gasteiger partial charge in [0, 0.05) is 17.6 Å². The van der Waals surface area contributed by atoms with E-state index < -0.39 is 0 Å². The van der Waals surface area contributed by atoms with Crippen LogP contribution in [0.5, 0.6) is 0 Å². The van der Waals surface area contributed by atoms with Crippen LogP contribution >= 0.6 is 0 Å². The van der Waals surface area contributed by atoms with E-state index in [-0.39, 0.29) is 5.92 Å². The Kier molecular flexibility index (Phi) is 3.46. The molecule has 0 amide bonds. The molecule has 2 heteroatoms. The highest BCUT2D eigenvalue weighted by Gasteiger charge is 2.20. The Morgan fingerprint density at radius 1 is 1.12 bits per heavy atom. The van der Waals surface area contributed by atoms with Gasteiger partial charge in [0.1, 0.15) is 0 Å². The lowest BCUT2D eigenvalue weighted by Crippen LogP contribution is -2.25. The van der Waals surface area contributed by atoms with Crippen LogP contribution in [0.25, 0.3) is 0 Å². The van der Waals surface area contributed by atoms with Crippen molar-refractivity contribution < 1.29 is 0 Å². The average Bonchev–Trinajstić information content (AvgIpc) is 2.33. The van der Waals surface area contributed by atoms with E-state index >= 15 is 0 Å². The first-order chi connectivity index (χ1) is 7.78. The SMILES string of the molecule is Cc1ccc(NC2CCC(C#N)CC2)cc1. The zero-order chi connectivity index (χ0) is 11.4. The van der Waals surface area contributed by atoms with Crippen molar-refractivity contribution in [1.82, 2.24) is 0 Å². The van der Waals surface area contributed by atoms with E-state index in [0.29, 0.717) is 6.04 Å². The quantitative estimate of drug-likeness (QED) is 0.818. The van der Waals surface area contributed by atoms with Crippen molar-refractivity contribution in [2.45, 2.75) is 38.6 Å². The van der Waals surface area contributed by atoms with Crippen LogP contribution in [0.2, 0.25) is 0 Å². The minimum absolute atomic E-state index is 0.288. The van der Waals surface area contributed by atoms with E-state index in [1.165, 1.54) is 11.3 Å². The number of rotatable bonds is 2. The van der Waals surface area contributed by atoms with E-state index in [1.807, 2.05) is 0 Å². The molecule has 16 heavy (non-hydrogen) atoms. The number of nitrogens with zero attached hydrogens (tertiary/aromatic N) is 1. The number of hydrogen-bond acceptors (Lipinski definition) is 2. The molecule has 1 aromatic rings. The third-order valence-corrected chi connectivity index (χ3v) is 3.33. The van der Waals surface area contributed by atoms with Crippen LogP contribution in [-0.2, 0) is 0 Å². The van der Waals surface area contributed by atoms with Gasteiger partial charge >= 0.3 is 0 Å². The summed E-state index contributed by atoms with van der Waals surface area (Å²) in [7, 11) is 0. The summed E-state index contributed by atoms with van der Waals surface area (Å²) in [5.74, 6) is 0.288. The van der Waals surface area contributed by atoms with Gasteiger partial charge in [0.25, 0.3) is 0 Å². The van der Waals surface area contributed by atoms with Gasteiger partial charge in [0.05, 0.1) is 6.07 Å². The van der Waals surface area contributed by atoms with Crippen molar-refractivity contribution in [3.8, 4) is 6.07 Å². The minimum Gasteiger partial charge on any atom is -0.382 e. The van der Waals surface area contributed by atoms with Crippen molar-refractivity contribution in [2.24, 2.45) is 5.92 Å². The molecule has 1 aliphatic carbocycles. The van der Waals surface area contributed by atoms with Crippen LogP contribution in [0.3, 0.4) is 0 Å². The van der Waals surface area contributed by atoms with Crippen molar-refractivity contribution in [1.29, 1.82) is 5.26 Å². The third-order valence-electron chi connectivity index (χ3n) is 3.33. The highest BCUT2D eigenvalue weighted by Crippen LogP contribution is 2.26. The number of nitriles is 1. The Bertz CT molecular complexity index is 367. The number of anilines is 1. The van der Waals surface area contributed by atoms with Gasteiger partial charge in [-0.1, -0.05) is 17.7 Å². The molecule has 84 valence electrons. The standard InChI is InChI=1S/C14H18N2/c1-11-2-6-13(7-3-11)16-14-8-4-12(10-15)5-9-14/h2-3,6-7,12,14,16H,4-5,8-9H2,1H3. The van der Waals surface area contributed by atoms with Crippen molar-refractivity contribution in [2.75, 3.05) is 5.32 Å². The second-order valence-electron chi connectivity index (χ2n) is 4.69. The largest absolute Gasteiger partial charge is 0.382 e. The molecule has 0 radical (unpaired) electrons. The zero-order valence-electron chi connectivity index (χ0n) is 9.74. The second kappa shape index (κ2) is 5.03. The summed E-state index contributed by atoms with van der Waals surface area (Å²) in [6, 6.07) is 11.4. The maximum Gasteiger partial charge on any atom is 0.0655 e. The van der Waals surface area contributed by atoms with Gasteiger partial charge in [-0.25, -0.2) is 0 Å². The molecule has 1 saturated carbocycles. The first-order valence-electron chi connectivity index (χ1n) is 6.01. The third kappa shape index (κ3) is 2.76. The highest BCUT2D eigenvalue weighted by molar-refractivity contribution is 5.45. The van der Waals surface area contributed by atoms with Crippen LogP contribution in [0, 0.1) is 24.2 Å². The van der Waals surface area contributed by atoms with E-state index in [0.717, 1.165) is 25.7 Å². The zero-order valence-corrected chi connectivity index (χ0v) is 9.74. The van der Waals surface area contributed by atoms with Crippen molar-refractivity contribution in [3.05, 3.63) is 29.8 Å². The number of nitrogens with one attached hydrogen (secondary N) is 1.